The summed E-state index contributed by atoms with van der Waals surface area (Å²) in [6.07, 6.45) is -13.0. The molecule has 1 saturated carbocycles. The number of rotatable bonds is 1. The maximum atomic E-state index is 12.3. The molecule has 2 nitrogen and oxygen atoms in total. The van der Waals surface area contributed by atoms with Crippen molar-refractivity contribution in [3.63, 3.8) is 0 Å². The Morgan fingerprint density at radius 3 is 1.60 bits per heavy atom. The molecule has 0 aromatic heterocycles. The Bertz CT molecular complexity index is 264. The first kappa shape index (κ1) is 12.1. The number of carboxylic acids is 1. The molecule has 1 aliphatic rings. The Kier molecular flexibility index (Phi) is 2.44. The van der Waals surface area contributed by atoms with Crippen molar-refractivity contribution in [3.8, 4) is 0 Å². The van der Waals surface area contributed by atoms with Crippen LogP contribution in [0.4, 0.5) is 26.3 Å². The van der Waals surface area contributed by atoms with E-state index in [9.17, 15) is 31.1 Å². The molecule has 15 heavy (non-hydrogen) atoms. The smallest absolute Gasteiger partial charge is 0.404 e. The predicted molar refractivity (Wildman–Crippen MR) is 34.9 cm³/mol. The van der Waals surface area contributed by atoms with Gasteiger partial charge in [0.25, 0.3) is 0 Å². The van der Waals surface area contributed by atoms with Crippen LogP contribution in [0.1, 0.15) is 12.8 Å². The first-order valence-corrected chi connectivity index (χ1v) is 3.90. The lowest BCUT2D eigenvalue weighted by Crippen LogP contribution is -2.62. The molecular weight excluding hydrogens is 230 g/mol. The molecule has 0 aromatic rings. The van der Waals surface area contributed by atoms with E-state index in [-0.39, 0.29) is 0 Å². The number of alkyl halides is 6. The average Bonchev–Trinajstić information content (AvgIpc) is 1.73. The van der Waals surface area contributed by atoms with Gasteiger partial charge in [-0.3, -0.25) is 4.79 Å². The van der Waals surface area contributed by atoms with E-state index in [0.717, 1.165) is 0 Å². The Balaban J connectivity index is 3.17. The number of halogens is 6. The van der Waals surface area contributed by atoms with Crippen LogP contribution in [0.3, 0.4) is 0 Å². The quantitative estimate of drug-likeness (QED) is 0.710. The number of carbonyl (C=O) groups is 1. The van der Waals surface area contributed by atoms with Crippen LogP contribution in [-0.4, -0.2) is 23.4 Å². The summed E-state index contributed by atoms with van der Waals surface area (Å²) in [6, 6.07) is 0. The van der Waals surface area contributed by atoms with Crippen LogP contribution in [0.2, 0.25) is 0 Å². The summed E-state index contributed by atoms with van der Waals surface area (Å²) in [4.78, 5) is 10.3. The van der Waals surface area contributed by atoms with Crippen LogP contribution in [0, 0.1) is 11.3 Å². The summed E-state index contributed by atoms with van der Waals surface area (Å²) in [5.74, 6) is -4.48. The van der Waals surface area contributed by atoms with E-state index < -0.39 is 42.5 Å². The van der Waals surface area contributed by atoms with Gasteiger partial charge in [-0.25, -0.2) is 0 Å². The summed E-state index contributed by atoms with van der Waals surface area (Å²) in [5, 5.41) is 8.30. The third-order valence-corrected chi connectivity index (χ3v) is 2.73. The van der Waals surface area contributed by atoms with Gasteiger partial charge in [0.2, 0.25) is 0 Å². The first-order chi connectivity index (χ1) is 6.54. The topological polar surface area (TPSA) is 37.3 Å². The van der Waals surface area contributed by atoms with E-state index in [2.05, 4.69) is 0 Å². The summed E-state index contributed by atoms with van der Waals surface area (Å²) < 4.78 is 73.7. The number of hydrogen-bond donors (Lipinski definition) is 1. The van der Waals surface area contributed by atoms with Crippen LogP contribution in [0.25, 0.3) is 0 Å². The van der Waals surface area contributed by atoms with Crippen molar-refractivity contribution >= 4 is 5.97 Å². The third-order valence-electron chi connectivity index (χ3n) is 2.73. The Morgan fingerprint density at radius 2 is 1.53 bits per heavy atom. The van der Waals surface area contributed by atoms with Crippen LogP contribution < -0.4 is 0 Å². The minimum atomic E-state index is -5.58. The largest absolute Gasteiger partial charge is 0.481 e. The molecule has 1 unspecified atom stereocenters. The van der Waals surface area contributed by atoms with Crippen molar-refractivity contribution in [1.29, 1.82) is 0 Å². The molecule has 0 amide bonds. The van der Waals surface area contributed by atoms with Gasteiger partial charge in [0.15, 0.2) is 5.41 Å². The summed E-state index contributed by atoms with van der Waals surface area (Å²) in [6.45, 7) is 0. The second-order valence-corrected chi connectivity index (χ2v) is 3.40. The highest BCUT2D eigenvalue weighted by atomic mass is 19.4. The predicted octanol–water partition coefficient (Wildman–Crippen LogP) is 2.59. The molecule has 0 aliphatic heterocycles. The second-order valence-electron chi connectivity index (χ2n) is 3.40. The molecule has 1 aliphatic carbocycles. The van der Waals surface area contributed by atoms with E-state index in [4.69, 9.17) is 5.11 Å². The van der Waals surface area contributed by atoms with E-state index in [1.165, 1.54) is 0 Å². The van der Waals surface area contributed by atoms with Crippen molar-refractivity contribution in [2.45, 2.75) is 25.2 Å². The van der Waals surface area contributed by atoms with E-state index in [1.54, 1.807) is 0 Å². The fourth-order valence-corrected chi connectivity index (χ4v) is 1.75. The molecule has 1 rings (SSSR count). The van der Waals surface area contributed by atoms with Crippen molar-refractivity contribution in [1.82, 2.24) is 0 Å². The van der Waals surface area contributed by atoms with Crippen LogP contribution in [0.5, 0.6) is 0 Å². The Labute approximate surface area is 79.9 Å². The number of carboxylic acid groups (broad SMARTS) is 1. The first-order valence-electron chi connectivity index (χ1n) is 3.90. The second kappa shape index (κ2) is 3.02. The molecule has 8 heteroatoms. The normalized spacial score (nSPS) is 25.9. The zero-order valence-electron chi connectivity index (χ0n) is 7.11. The SMILES string of the molecule is O=C(O)C1CCC1(C(F)(F)F)C(F)(F)F. The molecular formula is C7H6F6O2. The molecule has 0 aromatic carbocycles. The third kappa shape index (κ3) is 1.46. The summed E-state index contributed by atoms with van der Waals surface area (Å²) >= 11 is 0. The van der Waals surface area contributed by atoms with Crippen LogP contribution >= 0.6 is 0 Å². The average molecular weight is 236 g/mol. The molecule has 0 radical (unpaired) electrons. The van der Waals surface area contributed by atoms with Crippen molar-refractivity contribution in [2.75, 3.05) is 0 Å². The minimum Gasteiger partial charge on any atom is -0.481 e. The zero-order chi connectivity index (χ0) is 12.1. The molecule has 0 spiro atoms. The summed E-state index contributed by atoms with van der Waals surface area (Å²) in [7, 11) is 0. The van der Waals surface area contributed by atoms with Gasteiger partial charge >= 0.3 is 18.3 Å². The number of hydrogen-bond acceptors (Lipinski definition) is 1. The van der Waals surface area contributed by atoms with Crippen LogP contribution in [-0.2, 0) is 4.79 Å². The molecule has 0 saturated heterocycles. The van der Waals surface area contributed by atoms with Crippen molar-refractivity contribution in [2.24, 2.45) is 11.3 Å². The van der Waals surface area contributed by atoms with Gasteiger partial charge < -0.3 is 5.11 Å². The Morgan fingerprint density at radius 1 is 1.13 bits per heavy atom. The lowest BCUT2D eigenvalue weighted by Gasteiger charge is -2.48. The highest BCUT2D eigenvalue weighted by molar-refractivity contribution is 5.72. The summed E-state index contributed by atoms with van der Waals surface area (Å²) in [5.41, 5.74) is -4.06. The molecule has 1 atom stereocenters. The maximum absolute atomic E-state index is 12.3. The van der Waals surface area contributed by atoms with Gasteiger partial charge in [-0.15, -0.1) is 0 Å². The molecule has 0 bridgehead atoms. The van der Waals surface area contributed by atoms with Crippen molar-refractivity contribution < 1.29 is 36.2 Å². The van der Waals surface area contributed by atoms with Gasteiger partial charge in [0.05, 0.1) is 5.92 Å². The van der Waals surface area contributed by atoms with E-state index in [0.29, 0.717) is 0 Å². The van der Waals surface area contributed by atoms with Gasteiger partial charge in [-0.2, -0.15) is 26.3 Å². The standard InChI is InChI=1S/C7H6F6O2/c8-6(9,10)5(7(11,12)13)2-1-3(5)4(14)15/h3H,1-2H2,(H,14,15). The maximum Gasteiger partial charge on any atom is 0.404 e. The molecule has 1 N–H and O–H groups in total. The highest BCUT2D eigenvalue weighted by Crippen LogP contribution is 2.64. The fraction of sp³-hybridized carbons (Fsp3) is 0.857. The molecule has 1 fully saturated rings. The lowest BCUT2D eigenvalue weighted by atomic mass is 9.58. The monoisotopic (exact) mass is 236 g/mol. The van der Waals surface area contributed by atoms with E-state index in [1.807, 2.05) is 0 Å². The lowest BCUT2D eigenvalue weighted by molar-refractivity contribution is -0.382. The number of aliphatic carboxylic acids is 1. The Hall–Kier alpha value is -0.950. The zero-order valence-corrected chi connectivity index (χ0v) is 7.11. The van der Waals surface area contributed by atoms with Gasteiger partial charge in [-0.05, 0) is 12.8 Å². The van der Waals surface area contributed by atoms with Gasteiger partial charge in [0, 0.05) is 0 Å². The van der Waals surface area contributed by atoms with Crippen molar-refractivity contribution in [3.05, 3.63) is 0 Å². The minimum absolute atomic E-state index is 0.603. The molecule has 0 heterocycles. The highest BCUT2D eigenvalue weighted by Gasteiger charge is 2.79. The van der Waals surface area contributed by atoms with Gasteiger partial charge in [-0.1, -0.05) is 0 Å². The fourth-order valence-electron chi connectivity index (χ4n) is 1.75. The van der Waals surface area contributed by atoms with Gasteiger partial charge in [0.1, 0.15) is 0 Å². The molecule has 88 valence electrons. The van der Waals surface area contributed by atoms with E-state index >= 15 is 0 Å². The van der Waals surface area contributed by atoms with Crippen LogP contribution in [0.15, 0.2) is 0 Å².